The lowest BCUT2D eigenvalue weighted by molar-refractivity contribution is -0.121. The summed E-state index contributed by atoms with van der Waals surface area (Å²) in [6.45, 7) is 5.88. The van der Waals surface area contributed by atoms with E-state index in [9.17, 15) is 13.2 Å². The van der Waals surface area contributed by atoms with Gasteiger partial charge in [0.2, 0.25) is 27.6 Å². The molecule has 5 rings (SSSR count). The maximum atomic E-state index is 13.3. The van der Waals surface area contributed by atoms with Crippen molar-refractivity contribution in [1.82, 2.24) is 24.2 Å². The third kappa shape index (κ3) is 6.50. The van der Waals surface area contributed by atoms with E-state index < -0.39 is 10.0 Å². The van der Waals surface area contributed by atoms with Crippen molar-refractivity contribution in [1.29, 1.82) is 0 Å². The minimum absolute atomic E-state index is 0.126. The number of piperazine rings is 1. The Hall–Kier alpha value is -2.83. The van der Waals surface area contributed by atoms with Gasteiger partial charge in [0.1, 0.15) is 0 Å². The number of aryl methyl sites for hydroxylation is 1. The van der Waals surface area contributed by atoms with E-state index in [0.29, 0.717) is 67.3 Å². The predicted octanol–water partition coefficient (Wildman–Crippen LogP) is 3.49. The Kier molecular flexibility index (Phi) is 8.34. The molecule has 1 atom stereocenters. The van der Waals surface area contributed by atoms with Gasteiger partial charge in [0.15, 0.2) is 0 Å². The summed E-state index contributed by atoms with van der Waals surface area (Å²) in [6.07, 6.45) is 1.60. The highest BCUT2D eigenvalue weighted by Gasteiger charge is 2.30. The predicted molar refractivity (Wildman–Crippen MR) is 149 cm³/mol. The first kappa shape index (κ1) is 27.7. The van der Waals surface area contributed by atoms with Crippen molar-refractivity contribution in [2.75, 3.05) is 51.6 Å². The van der Waals surface area contributed by atoms with Crippen LogP contribution in [0.3, 0.4) is 0 Å². The van der Waals surface area contributed by atoms with Crippen molar-refractivity contribution in [2.45, 2.75) is 31.2 Å². The molecule has 0 aliphatic carbocycles. The van der Waals surface area contributed by atoms with Crippen LogP contribution in [-0.2, 0) is 21.4 Å². The van der Waals surface area contributed by atoms with Crippen molar-refractivity contribution in [3.8, 4) is 11.4 Å². The van der Waals surface area contributed by atoms with Crippen LogP contribution in [0.5, 0.6) is 0 Å². The van der Waals surface area contributed by atoms with Gasteiger partial charge >= 0.3 is 0 Å². The first-order valence-electron chi connectivity index (χ1n) is 13.1. The standard InChI is InChI=1S/C27H33ClN6O4S/c1-19-5-10-23(16-24(19)39(36,37)34-14-12-32(2)13-15-34)29-27(35)21-4-3-11-33(17-21)18-25-30-26(31-38-25)20-6-8-22(28)9-7-20/h5-10,16,21H,3-4,11-15,17-18H2,1-2H3,(H,29,35). The number of hydrogen-bond donors (Lipinski definition) is 1. The molecule has 3 aromatic rings. The molecule has 2 aliphatic heterocycles. The zero-order chi connectivity index (χ0) is 27.6. The van der Waals surface area contributed by atoms with Crippen LogP contribution in [0.25, 0.3) is 11.4 Å². The van der Waals surface area contributed by atoms with E-state index in [1.807, 2.05) is 19.2 Å². The number of carbonyl (C=O) groups is 1. The summed E-state index contributed by atoms with van der Waals surface area (Å²) in [5.41, 5.74) is 1.96. The number of likely N-dealkylation sites (N-methyl/N-ethyl adjacent to an activating group) is 1. The molecule has 0 radical (unpaired) electrons. The molecule has 1 aromatic heterocycles. The van der Waals surface area contributed by atoms with Crippen LogP contribution < -0.4 is 5.32 Å². The zero-order valence-corrected chi connectivity index (χ0v) is 23.7. The van der Waals surface area contributed by atoms with E-state index in [1.54, 1.807) is 37.3 Å². The number of benzene rings is 2. The Morgan fingerprint density at radius 3 is 2.59 bits per heavy atom. The number of rotatable bonds is 7. The topological polar surface area (TPSA) is 112 Å². The zero-order valence-electron chi connectivity index (χ0n) is 22.1. The van der Waals surface area contributed by atoms with Gasteiger partial charge in [-0.25, -0.2) is 8.42 Å². The smallest absolute Gasteiger partial charge is 0.243 e. The number of amides is 1. The molecule has 10 nitrogen and oxygen atoms in total. The van der Waals surface area contributed by atoms with E-state index in [1.165, 1.54) is 4.31 Å². The van der Waals surface area contributed by atoms with Crippen molar-refractivity contribution in [3.63, 3.8) is 0 Å². The van der Waals surface area contributed by atoms with Gasteiger partial charge in [-0.15, -0.1) is 0 Å². The molecule has 0 spiro atoms. The van der Waals surface area contributed by atoms with Crippen molar-refractivity contribution in [3.05, 3.63) is 58.9 Å². The van der Waals surface area contributed by atoms with Gasteiger partial charge < -0.3 is 14.7 Å². The maximum absolute atomic E-state index is 13.3. The van der Waals surface area contributed by atoms with Crippen LogP contribution in [-0.4, -0.2) is 84.9 Å². The van der Waals surface area contributed by atoms with Crippen LogP contribution in [0.1, 0.15) is 24.3 Å². The lowest BCUT2D eigenvalue weighted by Crippen LogP contribution is -2.47. The van der Waals surface area contributed by atoms with E-state index in [0.717, 1.165) is 24.9 Å². The Morgan fingerprint density at radius 1 is 1.10 bits per heavy atom. The summed E-state index contributed by atoms with van der Waals surface area (Å²) in [7, 11) is -1.66. The van der Waals surface area contributed by atoms with Gasteiger partial charge in [0.25, 0.3) is 0 Å². The van der Waals surface area contributed by atoms with Crippen LogP contribution in [0.4, 0.5) is 5.69 Å². The molecule has 2 fully saturated rings. The number of nitrogens with one attached hydrogen (secondary N) is 1. The molecule has 2 aliphatic rings. The average Bonchev–Trinajstić information content (AvgIpc) is 3.39. The SMILES string of the molecule is Cc1ccc(NC(=O)C2CCCN(Cc3nc(-c4ccc(Cl)cc4)no3)C2)cc1S(=O)(=O)N1CCN(C)CC1. The van der Waals surface area contributed by atoms with E-state index in [4.69, 9.17) is 16.1 Å². The second kappa shape index (κ2) is 11.7. The molecule has 1 N–H and O–H groups in total. The largest absolute Gasteiger partial charge is 0.338 e. The highest BCUT2D eigenvalue weighted by molar-refractivity contribution is 7.89. The van der Waals surface area contributed by atoms with Crippen molar-refractivity contribution >= 4 is 33.2 Å². The molecule has 208 valence electrons. The third-order valence-electron chi connectivity index (χ3n) is 7.34. The number of sulfonamides is 1. The highest BCUT2D eigenvalue weighted by Crippen LogP contribution is 2.26. The number of aromatic nitrogens is 2. The van der Waals surface area contributed by atoms with Gasteiger partial charge in [-0.3, -0.25) is 9.69 Å². The van der Waals surface area contributed by atoms with Gasteiger partial charge in [0.05, 0.1) is 17.4 Å². The minimum Gasteiger partial charge on any atom is -0.338 e. The Bertz CT molecular complexity index is 1420. The van der Waals surface area contributed by atoms with Gasteiger partial charge in [0, 0.05) is 49.0 Å². The molecule has 1 unspecified atom stereocenters. The summed E-state index contributed by atoms with van der Waals surface area (Å²) in [5.74, 6) is 0.614. The number of carbonyl (C=O) groups excluding carboxylic acids is 1. The molecule has 39 heavy (non-hydrogen) atoms. The van der Waals surface area contributed by atoms with Crippen LogP contribution in [0, 0.1) is 12.8 Å². The van der Waals surface area contributed by atoms with Gasteiger partial charge in [-0.05, 0) is 75.3 Å². The number of likely N-dealkylation sites (tertiary alicyclic amines) is 1. The summed E-state index contributed by atoms with van der Waals surface area (Å²) < 4.78 is 33.7. The number of halogens is 1. The second-order valence-corrected chi connectivity index (χ2v) is 12.6. The summed E-state index contributed by atoms with van der Waals surface area (Å²) >= 11 is 5.96. The number of anilines is 1. The van der Waals surface area contributed by atoms with Gasteiger partial charge in [-0.2, -0.15) is 9.29 Å². The average molecular weight is 573 g/mol. The molecule has 0 saturated carbocycles. The molecule has 3 heterocycles. The van der Waals surface area contributed by atoms with E-state index in [2.05, 4.69) is 25.3 Å². The Labute approximate surface area is 234 Å². The Balaban J connectivity index is 1.22. The van der Waals surface area contributed by atoms with Gasteiger partial charge in [-0.1, -0.05) is 22.8 Å². The number of hydrogen-bond acceptors (Lipinski definition) is 8. The lowest BCUT2D eigenvalue weighted by Gasteiger charge is -2.32. The molecule has 0 bridgehead atoms. The minimum atomic E-state index is -3.65. The molecular formula is C27H33ClN6O4S. The lowest BCUT2D eigenvalue weighted by atomic mass is 9.97. The van der Waals surface area contributed by atoms with Crippen molar-refractivity contribution < 1.29 is 17.7 Å². The quantitative estimate of drug-likeness (QED) is 0.458. The molecule has 2 aromatic carbocycles. The fraction of sp³-hybridized carbons (Fsp3) is 0.444. The molecule has 2 saturated heterocycles. The van der Waals surface area contributed by atoms with E-state index >= 15 is 0 Å². The first-order chi connectivity index (χ1) is 18.7. The monoisotopic (exact) mass is 572 g/mol. The number of piperidine rings is 1. The normalized spacial score (nSPS) is 19.7. The Morgan fingerprint density at radius 2 is 1.85 bits per heavy atom. The van der Waals surface area contributed by atoms with Crippen LogP contribution in [0.15, 0.2) is 51.9 Å². The number of nitrogens with zero attached hydrogens (tertiary/aromatic N) is 5. The van der Waals surface area contributed by atoms with Crippen molar-refractivity contribution in [2.24, 2.45) is 5.92 Å². The first-order valence-corrected chi connectivity index (χ1v) is 14.9. The van der Waals surface area contributed by atoms with Crippen LogP contribution >= 0.6 is 11.6 Å². The fourth-order valence-electron chi connectivity index (χ4n) is 5.01. The van der Waals surface area contributed by atoms with E-state index in [-0.39, 0.29) is 16.7 Å². The summed E-state index contributed by atoms with van der Waals surface area (Å²) in [4.78, 5) is 22.2. The maximum Gasteiger partial charge on any atom is 0.243 e. The van der Waals surface area contributed by atoms with Crippen LogP contribution in [0.2, 0.25) is 5.02 Å². The fourth-order valence-corrected chi connectivity index (χ4v) is 6.81. The molecular weight excluding hydrogens is 540 g/mol. The molecule has 12 heteroatoms. The molecule has 1 amide bonds. The third-order valence-corrected chi connectivity index (χ3v) is 9.63. The summed E-state index contributed by atoms with van der Waals surface area (Å²) in [5, 5.41) is 7.67. The highest BCUT2D eigenvalue weighted by atomic mass is 35.5. The summed E-state index contributed by atoms with van der Waals surface area (Å²) in [6, 6.07) is 12.3. The second-order valence-electron chi connectivity index (χ2n) is 10.3.